The van der Waals surface area contributed by atoms with Crippen LogP contribution in [-0.4, -0.2) is 20.1 Å². The summed E-state index contributed by atoms with van der Waals surface area (Å²) in [6.45, 7) is 70.1. The van der Waals surface area contributed by atoms with Gasteiger partial charge in [-0.05, 0) is 274 Å². The van der Waals surface area contributed by atoms with Gasteiger partial charge in [0.15, 0.2) is 0 Å². The summed E-state index contributed by atoms with van der Waals surface area (Å²) in [5, 5.41) is 0. The maximum atomic E-state index is 8.13. The molecule has 0 radical (unpaired) electrons. The number of rotatable bonds is 5. The summed E-state index contributed by atoms with van der Waals surface area (Å²) in [5.41, 5.74) is 40.4. The molecule has 0 N–H and O–H groups in total. The van der Waals surface area contributed by atoms with E-state index in [-0.39, 0.29) is 74.3 Å². The molecule has 614 valence electrons. The molecular weight excluding hydrogens is 1460 g/mol. The second-order valence-corrected chi connectivity index (χ2v) is 46.5. The lowest BCUT2D eigenvalue weighted by Crippen LogP contribution is -2.66. The minimum absolute atomic E-state index is 0.0298. The average molecular weight is 1590 g/mol. The van der Waals surface area contributed by atoms with E-state index < -0.39 is 0 Å². The van der Waals surface area contributed by atoms with Gasteiger partial charge in [0.05, 0.1) is 0 Å². The standard InChI is InChI=1S/C112H126B3N5O/c1-103(2,3)67-34-45-76(46-35-67)116-87-55-44-72(108(16,17)18)56-82(87)113-83-63-84-90(65-89(83)118(78-49-38-69(39-50-78)105(7,8)9)93-58-73(109(19,20)21)57-92(116)100(93)113)119(79-51-40-70(41-52-79)106(10,11)12)96-61-75(111(25,26)27)62-98-102(96)114(84)86-64-85-91(66-97(86)121-98)120(80-53-42-71(43-54-80)107(13,14)15)95-60-74(110(22,23)24)59-94-101(95)115(85)99-81(112(28,29)30)32-31-33-88(99)117(94)77-47-36-68(37-48-77)104(4,5)6/h31-66H,1-30H3. The summed E-state index contributed by atoms with van der Waals surface area (Å²) >= 11 is 0. The van der Waals surface area contributed by atoms with E-state index in [0.717, 1.165) is 57.0 Å². The summed E-state index contributed by atoms with van der Waals surface area (Å²) in [6, 6.07) is 88.3. The van der Waals surface area contributed by atoms with Crippen molar-refractivity contribution >= 4 is 155 Å². The monoisotopic (exact) mass is 1590 g/mol. The van der Waals surface area contributed by atoms with Gasteiger partial charge in [0.1, 0.15) is 11.5 Å². The number of anilines is 15. The minimum atomic E-state index is -0.314. The summed E-state index contributed by atoms with van der Waals surface area (Å²) in [6.07, 6.45) is 0. The minimum Gasteiger partial charge on any atom is -0.458 e. The Balaban J connectivity index is 0.990. The Bertz CT molecular complexity index is 6220. The van der Waals surface area contributed by atoms with E-state index in [2.05, 4.69) is 451 Å². The Hall–Kier alpha value is -10.4. The second-order valence-electron chi connectivity index (χ2n) is 46.5. The van der Waals surface area contributed by atoms with Gasteiger partial charge in [0.2, 0.25) is 0 Å². The molecule has 0 saturated heterocycles. The first-order chi connectivity index (χ1) is 56.3. The Morgan fingerprint density at radius 1 is 0.182 bits per heavy atom. The van der Waals surface area contributed by atoms with Gasteiger partial charge in [-0.1, -0.05) is 305 Å². The highest BCUT2D eigenvalue weighted by molar-refractivity contribution is 7.04. The van der Waals surface area contributed by atoms with Crippen LogP contribution in [-0.2, 0) is 54.1 Å². The van der Waals surface area contributed by atoms with Gasteiger partial charge >= 0.3 is 0 Å². The van der Waals surface area contributed by atoms with Crippen molar-refractivity contribution in [2.45, 2.75) is 262 Å². The topological polar surface area (TPSA) is 25.4 Å². The van der Waals surface area contributed by atoms with Gasteiger partial charge in [0.25, 0.3) is 20.1 Å². The van der Waals surface area contributed by atoms with E-state index in [1.807, 2.05) is 0 Å². The molecule has 0 saturated carbocycles. The van der Waals surface area contributed by atoms with Crippen molar-refractivity contribution in [2.24, 2.45) is 0 Å². The maximum Gasteiger partial charge on any atom is 0.256 e. The van der Waals surface area contributed by atoms with E-state index in [1.54, 1.807) is 0 Å². The molecule has 0 bridgehead atoms. The average Bonchev–Trinajstić information content (AvgIpc) is 0.679. The van der Waals surface area contributed by atoms with E-state index in [1.165, 1.54) is 145 Å². The molecule has 6 heterocycles. The molecule has 121 heavy (non-hydrogen) atoms. The van der Waals surface area contributed by atoms with Crippen molar-refractivity contribution in [3.63, 3.8) is 0 Å². The van der Waals surface area contributed by atoms with Crippen LogP contribution in [0.4, 0.5) is 85.3 Å². The lowest BCUT2D eigenvalue weighted by Gasteiger charge is -2.48. The molecule has 0 aromatic heterocycles. The maximum absolute atomic E-state index is 8.13. The van der Waals surface area contributed by atoms with Crippen molar-refractivity contribution in [1.29, 1.82) is 0 Å². The molecule has 0 spiro atoms. The van der Waals surface area contributed by atoms with Crippen LogP contribution in [0.3, 0.4) is 0 Å². The first kappa shape index (κ1) is 81.6. The van der Waals surface area contributed by atoms with Crippen LogP contribution in [0.15, 0.2) is 218 Å². The van der Waals surface area contributed by atoms with Crippen molar-refractivity contribution in [3.8, 4) is 11.5 Å². The van der Waals surface area contributed by atoms with E-state index in [0.29, 0.717) is 0 Å². The molecule has 0 aliphatic carbocycles. The largest absolute Gasteiger partial charge is 0.458 e. The van der Waals surface area contributed by atoms with Crippen LogP contribution >= 0.6 is 0 Å². The predicted octanol–water partition coefficient (Wildman–Crippen LogP) is 25.2. The van der Waals surface area contributed by atoms with Crippen LogP contribution in [0.1, 0.15) is 263 Å². The summed E-state index contributed by atoms with van der Waals surface area (Å²) in [4.78, 5) is 13.2. The van der Waals surface area contributed by atoms with Gasteiger partial charge in [-0.25, -0.2) is 0 Å². The van der Waals surface area contributed by atoms with Gasteiger partial charge < -0.3 is 29.2 Å². The molecule has 0 fully saturated rings. The van der Waals surface area contributed by atoms with E-state index in [9.17, 15) is 0 Å². The van der Waals surface area contributed by atoms with Gasteiger partial charge in [0, 0.05) is 91.4 Å². The molecular formula is C112H126B3N5O. The molecule has 12 aromatic rings. The van der Waals surface area contributed by atoms with Crippen molar-refractivity contribution in [2.75, 3.05) is 24.5 Å². The molecule has 18 rings (SSSR count). The SMILES string of the molecule is CC(C)(C)c1ccc(N2c3cc4c(cc3B3c5cc6c(cc5Oc5cc(C(C)(C)C)cc2c53)N(c2ccc(C(C)(C)C)cc2)c2cc(C(C)(C)C)cc3c2B6c2c(cccc2C(C)(C)C)N3c2ccc(C(C)(C)C)cc2)B2c3cc(C(C)(C)C)ccc3N(c3ccc(C(C)(C)C)cc3)c3cc(C(C)(C)C)cc(c32)N4c2ccc(C(C)(C)C)cc2)cc1. The number of hydrogen-bond acceptors (Lipinski definition) is 6. The summed E-state index contributed by atoms with van der Waals surface area (Å²) < 4.78 is 8.13. The highest BCUT2D eigenvalue weighted by atomic mass is 16.5. The molecule has 0 amide bonds. The number of fused-ring (bicyclic) bond motifs is 12. The van der Waals surface area contributed by atoms with Crippen LogP contribution < -0.4 is 78.4 Å². The lowest BCUT2D eigenvalue weighted by atomic mass is 9.29. The first-order valence-electron chi connectivity index (χ1n) is 44.7. The molecule has 6 nitrogen and oxygen atoms in total. The number of benzene rings is 12. The van der Waals surface area contributed by atoms with Crippen LogP contribution in [0.25, 0.3) is 0 Å². The fourth-order valence-electron chi connectivity index (χ4n) is 20.1. The quantitative estimate of drug-likeness (QED) is 0.159. The fraction of sp³-hybridized carbons (Fsp3) is 0.357. The van der Waals surface area contributed by atoms with E-state index in [4.69, 9.17) is 4.74 Å². The third-order valence-electron chi connectivity index (χ3n) is 27.4. The zero-order valence-corrected chi connectivity index (χ0v) is 78.2. The normalized spacial score (nSPS) is 15.0. The Labute approximate surface area is 726 Å². The zero-order chi connectivity index (χ0) is 86.6. The predicted molar refractivity (Wildman–Crippen MR) is 527 cm³/mol. The van der Waals surface area contributed by atoms with E-state index >= 15 is 0 Å². The van der Waals surface area contributed by atoms with Crippen molar-refractivity contribution in [3.05, 3.63) is 274 Å². The molecule has 0 unspecified atom stereocenters. The third kappa shape index (κ3) is 13.5. The Kier molecular flexibility index (Phi) is 18.3. The molecule has 9 heteroatoms. The number of ether oxygens (including phenoxy) is 1. The van der Waals surface area contributed by atoms with Gasteiger partial charge in [-0.2, -0.15) is 0 Å². The number of hydrogen-bond donors (Lipinski definition) is 0. The molecule has 6 aliphatic rings. The number of nitrogens with zero attached hydrogens (tertiary/aromatic N) is 5. The van der Waals surface area contributed by atoms with Gasteiger partial charge in [-0.15, -0.1) is 0 Å². The van der Waals surface area contributed by atoms with Crippen molar-refractivity contribution in [1.82, 2.24) is 0 Å². The summed E-state index contributed by atoms with van der Waals surface area (Å²) in [7, 11) is 0. The highest BCUT2D eigenvalue weighted by Gasteiger charge is 2.53. The third-order valence-corrected chi connectivity index (χ3v) is 27.4. The first-order valence-corrected chi connectivity index (χ1v) is 44.7. The zero-order valence-electron chi connectivity index (χ0n) is 78.2. The molecule has 6 aliphatic heterocycles. The Morgan fingerprint density at radius 2 is 0.463 bits per heavy atom. The van der Waals surface area contributed by atoms with Gasteiger partial charge in [-0.3, -0.25) is 0 Å². The molecule has 12 aromatic carbocycles. The lowest BCUT2D eigenvalue weighted by molar-refractivity contribution is 0.483. The van der Waals surface area contributed by atoms with Crippen molar-refractivity contribution < 1.29 is 4.74 Å². The summed E-state index contributed by atoms with van der Waals surface area (Å²) in [5.74, 6) is 1.77. The highest BCUT2D eigenvalue weighted by Crippen LogP contribution is 2.54. The van der Waals surface area contributed by atoms with Crippen LogP contribution in [0, 0.1) is 0 Å². The molecule has 0 atom stereocenters. The fourth-order valence-corrected chi connectivity index (χ4v) is 20.1. The smallest absolute Gasteiger partial charge is 0.256 e. The second kappa shape index (κ2) is 27.1. The Morgan fingerprint density at radius 3 is 0.818 bits per heavy atom. The van der Waals surface area contributed by atoms with Crippen LogP contribution in [0.5, 0.6) is 11.5 Å². The van der Waals surface area contributed by atoms with Crippen LogP contribution in [0.2, 0.25) is 0 Å².